The molecule has 0 aromatic heterocycles. The van der Waals surface area contributed by atoms with E-state index in [0.717, 1.165) is 30.4 Å². The Morgan fingerprint density at radius 3 is 2.47 bits per heavy atom. The Hall–Kier alpha value is -2.74. The summed E-state index contributed by atoms with van der Waals surface area (Å²) in [6.07, 6.45) is 3.90. The van der Waals surface area contributed by atoms with E-state index in [-0.39, 0.29) is 18.9 Å². The maximum atomic E-state index is 12.3. The lowest BCUT2D eigenvalue weighted by Crippen LogP contribution is -2.33. The summed E-state index contributed by atoms with van der Waals surface area (Å²) in [5.74, 6) is 1.11. The lowest BCUT2D eigenvalue weighted by atomic mass is 10.1. The molecule has 0 atom stereocenters. The van der Waals surface area contributed by atoms with Crippen molar-refractivity contribution >= 4 is 21.6 Å². The van der Waals surface area contributed by atoms with Crippen LogP contribution in [0.2, 0.25) is 0 Å². The second-order valence-corrected chi connectivity index (χ2v) is 9.61. The lowest BCUT2D eigenvalue weighted by Gasteiger charge is -2.24. The molecule has 0 aliphatic carbocycles. The van der Waals surface area contributed by atoms with Gasteiger partial charge in [-0.3, -0.25) is 9.10 Å². The number of carbonyl (C=O) groups is 1. The van der Waals surface area contributed by atoms with Crippen LogP contribution in [-0.4, -0.2) is 47.4 Å². The molecular weight excluding hydrogens is 428 g/mol. The molecular formula is C24H34N2O5S. The number of carbonyl (C=O) groups excluding carboxylic acids is 1. The van der Waals surface area contributed by atoms with Crippen LogP contribution in [-0.2, 0) is 21.2 Å². The van der Waals surface area contributed by atoms with Gasteiger partial charge in [-0.2, -0.15) is 0 Å². The normalized spacial score (nSPS) is 11.1. The summed E-state index contributed by atoms with van der Waals surface area (Å²) in [4.78, 5) is 12.2. The summed E-state index contributed by atoms with van der Waals surface area (Å²) in [6.45, 7) is 4.97. The van der Waals surface area contributed by atoms with Gasteiger partial charge >= 0.3 is 0 Å². The first-order valence-corrected chi connectivity index (χ1v) is 12.7. The van der Waals surface area contributed by atoms with Crippen molar-refractivity contribution in [3.05, 3.63) is 53.6 Å². The monoisotopic (exact) mass is 462 g/mol. The van der Waals surface area contributed by atoms with Crippen molar-refractivity contribution in [2.45, 2.75) is 39.5 Å². The fraction of sp³-hybridized carbons (Fsp3) is 0.458. The molecule has 8 heteroatoms. The van der Waals surface area contributed by atoms with Crippen molar-refractivity contribution in [3.63, 3.8) is 0 Å². The molecule has 0 aliphatic rings. The third kappa shape index (κ3) is 8.07. The van der Waals surface area contributed by atoms with E-state index in [4.69, 9.17) is 9.47 Å². The first-order valence-electron chi connectivity index (χ1n) is 10.9. The van der Waals surface area contributed by atoms with Crippen molar-refractivity contribution in [2.24, 2.45) is 0 Å². The number of nitrogens with zero attached hydrogens (tertiary/aromatic N) is 1. The third-order valence-electron chi connectivity index (χ3n) is 4.92. The predicted octanol–water partition coefficient (Wildman–Crippen LogP) is 3.70. The van der Waals surface area contributed by atoms with Gasteiger partial charge in [-0.05, 0) is 55.2 Å². The first-order chi connectivity index (χ1) is 15.2. The molecule has 2 aromatic rings. The van der Waals surface area contributed by atoms with Crippen LogP contribution in [0.3, 0.4) is 0 Å². The van der Waals surface area contributed by atoms with Gasteiger partial charge in [-0.1, -0.05) is 31.5 Å². The van der Waals surface area contributed by atoms with Crippen LogP contribution < -0.4 is 19.1 Å². The topological polar surface area (TPSA) is 84.9 Å². The van der Waals surface area contributed by atoms with E-state index < -0.39 is 10.0 Å². The molecule has 0 unspecified atom stereocenters. The van der Waals surface area contributed by atoms with Crippen LogP contribution in [0.4, 0.5) is 5.69 Å². The summed E-state index contributed by atoms with van der Waals surface area (Å²) >= 11 is 0. The average molecular weight is 463 g/mol. The van der Waals surface area contributed by atoms with Gasteiger partial charge in [0.15, 0.2) is 0 Å². The van der Waals surface area contributed by atoms with Crippen LogP contribution >= 0.6 is 0 Å². The van der Waals surface area contributed by atoms with Crippen molar-refractivity contribution in [1.82, 2.24) is 5.32 Å². The molecule has 0 fully saturated rings. The van der Waals surface area contributed by atoms with Gasteiger partial charge in [0.1, 0.15) is 18.1 Å². The van der Waals surface area contributed by atoms with E-state index in [9.17, 15) is 13.2 Å². The summed E-state index contributed by atoms with van der Waals surface area (Å²) in [5, 5.41) is 2.81. The zero-order chi connectivity index (χ0) is 23.6. The molecule has 0 saturated carbocycles. The van der Waals surface area contributed by atoms with Gasteiger partial charge in [0.25, 0.3) is 0 Å². The van der Waals surface area contributed by atoms with Crippen molar-refractivity contribution in [1.29, 1.82) is 0 Å². The summed E-state index contributed by atoms with van der Waals surface area (Å²) in [6, 6.07) is 13.3. The maximum Gasteiger partial charge on any atom is 0.232 e. The molecule has 176 valence electrons. The number of hydrogen-bond donors (Lipinski definition) is 1. The van der Waals surface area contributed by atoms with Crippen molar-refractivity contribution in [2.75, 3.05) is 37.4 Å². The second kappa shape index (κ2) is 12.3. The summed E-state index contributed by atoms with van der Waals surface area (Å²) in [7, 11) is -2.02. The molecule has 32 heavy (non-hydrogen) atoms. The van der Waals surface area contributed by atoms with Gasteiger partial charge in [-0.15, -0.1) is 0 Å². The Morgan fingerprint density at radius 1 is 1.12 bits per heavy atom. The van der Waals surface area contributed by atoms with E-state index >= 15 is 0 Å². The Bertz CT molecular complexity index is 974. The molecule has 7 nitrogen and oxygen atoms in total. The van der Waals surface area contributed by atoms with Crippen LogP contribution in [0.15, 0.2) is 42.5 Å². The Balaban J connectivity index is 1.79. The molecule has 1 N–H and O–H groups in total. The Kier molecular flexibility index (Phi) is 9.84. The first kappa shape index (κ1) is 25.5. The molecule has 2 aromatic carbocycles. The third-order valence-corrected chi connectivity index (χ3v) is 6.10. The number of amides is 1. The van der Waals surface area contributed by atoms with Gasteiger partial charge in [0, 0.05) is 13.0 Å². The van der Waals surface area contributed by atoms with Gasteiger partial charge in [0.2, 0.25) is 15.9 Å². The number of aryl methyl sites for hydroxylation is 2. The molecule has 0 saturated heterocycles. The summed E-state index contributed by atoms with van der Waals surface area (Å²) in [5.41, 5.74) is 2.68. The number of rotatable bonds is 13. The molecule has 0 radical (unpaired) electrons. The highest BCUT2D eigenvalue weighted by Gasteiger charge is 2.21. The van der Waals surface area contributed by atoms with E-state index in [2.05, 4.69) is 12.2 Å². The van der Waals surface area contributed by atoms with Gasteiger partial charge in [-0.25, -0.2) is 8.42 Å². The minimum Gasteiger partial charge on any atom is -0.495 e. The fourth-order valence-electron chi connectivity index (χ4n) is 3.33. The van der Waals surface area contributed by atoms with Crippen molar-refractivity contribution < 1.29 is 22.7 Å². The second-order valence-electron chi connectivity index (χ2n) is 7.71. The molecule has 2 rings (SSSR count). The van der Waals surface area contributed by atoms with Crippen LogP contribution in [0, 0.1) is 6.92 Å². The number of nitrogens with one attached hydrogen (secondary N) is 1. The highest BCUT2D eigenvalue weighted by Crippen LogP contribution is 2.31. The summed E-state index contributed by atoms with van der Waals surface area (Å²) < 4.78 is 37.0. The predicted molar refractivity (Wildman–Crippen MR) is 128 cm³/mol. The van der Waals surface area contributed by atoms with E-state index in [1.807, 2.05) is 37.3 Å². The maximum absolute atomic E-state index is 12.3. The number of anilines is 1. The van der Waals surface area contributed by atoms with E-state index in [1.54, 1.807) is 12.1 Å². The lowest BCUT2D eigenvalue weighted by molar-refractivity contribution is -0.121. The van der Waals surface area contributed by atoms with Crippen molar-refractivity contribution in [3.8, 4) is 11.5 Å². The minimum absolute atomic E-state index is 0.142. The van der Waals surface area contributed by atoms with Crippen LogP contribution in [0.5, 0.6) is 11.5 Å². The number of methoxy groups -OCH3 is 1. The van der Waals surface area contributed by atoms with E-state index in [1.165, 1.54) is 17.0 Å². The average Bonchev–Trinajstić information content (AvgIpc) is 2.75. The molecule has 0 spiro atoms. The number of ether oxygens (including phenoxy) is 2. The van der Waals surface area contributed by atoms with Gasteiger partial charge < -0.3 is 14.8 Å². The van der Waals surface area contributed by atoms with E-state index in [0.29, 0.717) is 31.0 Å². The zero-order valence-electron chi connectivity index (χ0n) is 19.4. The molecule has 0 aliphatic heterocycles. The highest BCUT2D eigenvalue weighted by atomic mass is 32.2. The molecule has 0 heterocycles. The standard InChI is InChI=1S/C24H34N2O5S/c1-5-7-20-10-12-21(13-11-20)31-17-15-25-24(27)8-6-16-26(32(4,28)29)22-18-19(2)9-14-23(22)30-3/h9-14,18H,5-8,15-17H2,1-4H3,(H,25,27). The molecule has 0 bridgehead atoms. The quantitative estimate of drug-likeness (QED) is 0.459. The fourth-order valence-corrected chi connectivity index (χ4v) is 4.29. The molecule has 1 amide bonds. The zero-order valence-corrected chi connectivity index (χ0v) is 20.2. The highest BCUT2D eigenvalue weighted by molar-refractivity contribution is 7.92. The number of benzene rings is 2. The van der Waals surface area contributed by atoms with Crippen LogP contribution in [0.25, 0.3) is 0 Å². The minimum atomic E-state index is -3.52. The van der Waals surface area contributed by atoms with Gasteiger partial charge in [0.05, 0.1) is 25.6 Å². The Morgan fingerprint density at radius 2 is 1.84 bits per heavy atom. The largest absolute Gasteiger partial charge is 0.495 e. The number of hydrogen-bond acceptors (Lipinski definition) is 5. The SMILES string of the molecule is CCCc1ccc(OCCNC(=O)CCCN(c2cc(C)ccc2OC)S(C)(=O)=O)cc1. The number of sulfonamides is 1. The Labute approximate surface area is 191 Å². The van der Waals surface area contributed by atoms with Crippen LogP contribution in [0.1, 0.15) is 37.3 Å². The smallest absolute Gasteiger partial charge is 0.232 e.